The van der Waals surface area contributed by atoms with E-state index in [-0.39, 0.29) is 12.6 Å². The van der Waals surface area contributed by atoms with E-state index >= 15 is 0 Å². The molecule has 0 aliphatic rings. The summed E-state index contributed by atoms with van der Waals surface area (Å²) in [7, 11) is 0. The van der Waals surface area contributed by atoms with Crippen LogP contribution < -0.4 is 5.32 Å². The highest BCUT2D eigenvalue weighted by Crippen LogP contribution is 2.05. The van der Waals surface area contributed by atoms with Gasteiger partial charge in [0.2, 0.25) is 0 Å². The van der Waals surface area contributed by atoms with Gasteiger partial charge in [0.1, 0.15) is 0 Å². The highest BCUT2D eigenvalue weighted by Gasteiger charge is 2.09. The number of aliphatic hydroxyl groups is 1. The molecule has 2 aromatic rings. The minimum Gasteiger partial charge on any atom is -0.395 e. The van der Waals surface area contributed by atoms with Crippen molar-refractivity contribution in [3.8, 4) is 0 Å². The second kappa shape index (κ2) is 7.82. The zero-order valence-corrected chi connectivity index (χ0v) is 12.0. The van der Waals surface area contributed by atoms with Crippen LogP contribution in [0, 0.1) is 0 Å². The molecule has 108 valence electrons. The Balaban J connectivity index is 1.89. The predicted molar refractivity (Wildman–Crippen MR) is 80.4 cm³/mol. The fraction of sp³-hybridized carbons (Fsp3) is 0.438. The third kappa shape index (κ3) is 4.18. The van der Waals surface area contributed by atoms with E-state index in [9.17, 15) is 5.11 Å². The summed E-state index contributed by atoms with van der Waals surface area (Å²) in [5.41, 5.74) is 2.40. The van der Waals surface area contributed by atoms with Crippen LogP contribution >= 0.6 is 0 Å². The monoisotopic (exact) mass is 273 g/mol. The summed E-state index contributed by atoms with van der Waals surface area (Å²) in [5.74, 6) is 0. The molecule has 0 bridgehead atoms. The quantitative estimate of drug-likeness (QED) is 0.773. The zero-order chi connectivity index (χ0) is 14.2. The summed E-state index contributed by atoms with van der Waals surface area (Å²) in [4.78, 5) is 0. The maximum Gasteiger partial charge on any atom is 0.0588 e. The maximum absolute atomic E-state index is 9.50. The van der Waals surface area contributed by atoms with Gasteiger partial charge in [0.05, 0.1) is 12.3 Å². The maximum atomic E-state index is 9.50. The van der Waals surface area contributed by atoms with Crippen molar-refractivity contribution in [2.75, 3.05) is 6.61 Å². The fourth-order valence-electron chi connectivity index (χ4n) is 2.27. The molecular weight excluding hydrogens is 250 g/mol. The molecule has 1 aromatic heterocycles. The first-order valence-electron chi connectivity index (χ1n) is 7.22. The number of aliphatic hydroxyl groups excluding tert-OH is 1. The Kier molecular flexibility index (Phi) is 5.77. The van der Waals surface area contributed by atoms with Crippen LogP contribution in [0.2, 0.25) is 0 Å². The Morgan fingerprint density at radius 1 is 1.25 bits per heavy atom. The molecular formula is C16H23N3O. The minimum atomic E-state index is 0.0716. The second-order valence-electron chi connectivity index (χ2n) is 5.00. The van der Waals surface area contributed by atoms with Crippen molar-refractivity contribution in [2.24, 2.45) is 0 Å². The van der Waals surface area contributed by atoms with Gasteiger partial charge in [-0.1, -0.05) is 37.3 Å². The molecule has 1 heterocycles. The molecule has 2 N–H and O–H groups in total. The van der Waals surface area contributed by atoms with Gasteiger partial charge in [-0.3, -0.25) is 4.68 Å². The molecule has 4 heteroatoms. The average molecular weight is 273 g/mol. The van der Waals surface area contributed by atoms with Crippen molar-refractivity contribution in [3.05, 3.63) is 53.9 Å². The number of rotatable bonds is 8. The molecule has 0 radical (unpaired) electrons. The SMILES string of the molecule is CCCn1nccc1CN[C@H](CO)Cc1ccccc1. The molecule has 2 rings (SSSR count). The summed E-state index contributed by atoms with van der Waals surface area (Å²) < 4.78 is 2.02. The van der Waals surface area contributed by atoms with Crippen molar-refractivity contribution in [1.29, 1.82) is 0 Å². The van der Waals surface area contributed by atoms with Gasteiger partial charge in [-0.05, 0) is 24.5 Å². The highest BCUT2D eigenvalue weighted by molar-refractivity contribution is 5.16. The smallest absolute Gasteiger partial charge is 0.0588 e. The fourth-order valence-corrected chi connectivity index (χ4v) is 2.27. The van der Waals surface area contributed by atoms with Crippen LogP contribution in [-0.4, -0.2) is 27.5 Å². The van der Waals surface area contributed by atoms with E-state index in [0.717, 1.165) is 25.9 Å². The average Bonchev–Trinajstić information content (AvgIpc) is 2.92. The molecule has 1 aromatic carbocycles. The van der Waals surface area contributed by atoms with Crippen LogP contribution in [0.25, 0.3) is 0 Å². The van der Waals surface area contributed by atoms with Crippen molar-refractivity contribution < 1.29 is 5.11 Å². The van der Waals surface area contributed by atoms with Crippen molar-refractivity contribution in [2.45, 2.75) is 38.9 Å². The van der Waals surface area contributed by atoms with Crippen LogP contribution in [0.4, 0.5) is 0 Å². The van der Waals surface area contributed by atoms with Gasteiger partial charge < -0.3 is 10.4 Å². The lowest BCUT2D eigenvalue weighted by Crippen LogP contribution is -2.34. The minimum absolute atomic E-state index is 0.0716. The molecule has 0 spiro atoms. The van der Waals surface area contributed by atoms with E-state index in [4.69, 9.17) is 0 Å². The molecule has 4 nitrogen and oxygen atoms in total. The highest BCUT2D eigenvalue weighted by atomic mass is 16.3. The Hall–Kier alpha value is -1.65. The summed E-state index contributed by atoms with van der Waals surface area (Å²) in [5, 5.41) is 17.2. The number of aryl methyl sites for hydroxylation is 1. The normalized spacial score (nSPS) is 12.5. The number of hydrogen-bond acceptors (Lipinski definition) is 3. The number of aromatic nitrogens is 2. The standard InChI is InChI=1S/C16H23N3O/c1-2-10-19-16(8-9-18-19)12-17-15(13-20)11-14-6-4-3-5-7-14/h3-9,15,17,20H,2,10-13H2,1H3/t15-/m0/s1. The lowest BCUT2D eigenvalue weighted by Gasteiger charge is -2.17. The van der Waals surface area contributed by atoms with Crippen molar-refractivity contribution in [3.63, 3.8) is 0 Å². The third-order valence-electron chi connectivity index (χ3n) is 3.36. The van der Waals surface area contributed by atoms with Gasteiger partial charge in [-0.2, -0.15) is 5.10 Å². The van der Waals surface area contributed by atoms with Crippen molar-refractivity contribution >= 4 is 0 Å². The van der Waals surface area contributed by atoms with Gasteiger partial charge in [0, 0.05) is 25.3 Å². The molecule has 0 aliphatic heterocycles. The Morgan fingerprint density at radius 3 is 2.75 bits per heavy atom. The molecule has 0 saturated heterocycles. The molecule has 0 amide bonds. The molecule has 20 heavy (non-hydrogen) atoms. The van der Waals surface area contributed by atoms with Gasteiger partial charge in [-0.25, -0.2) is 0 Å². The van der Waals surface area contributed by atoms with Gasteiger partial charge in [0.25, 0.3) is 0 Å². The van der Waals surface area contributed by atoms with Gasteiger partial charge in [-0.15, -0.1) is 0 Å². The second-order valence-corrected chi connectivity index (χ2v) is 5.00. The summed E-state index contributed by atoms with van der Waals surface area (Å²) in [6, 6.07) is 12.3. The largest absolute Gasteiger partial charge is 0.395 e. The molecule has 0 fully saturated rings. The lowest BCUT2D eigenvalue weighted by molar-refractivity contribution is 0.239. The van der Waals surface area contributed by atoms with Gasteiger partial charge >= 0.3 is 0 Å². The van der Waals surface area contributed by atoms with Crippen molar-refractivity contribution in [1.82, 2.24) is 15.1 Å². The van der Waals surface area contributed by atoms with E-state index in [1.54, 1.807) is 0 Å². The Bertz CT molecular complexity index is 495. The van der Waals surface area contributed by atoms with E-state index < -0.39 is 0 Å². The zero-order valence-electron chi connectivity index (χ0n) is 12.0. The molecule has 1 atom stereocenters. The Morgan fingerprint density at radius 2 is 2.05 bits per heavy atom. The van der Waals surface area contributed by atoms with E-state index in [1.165, 1.54) is 11.3 Å². The first kappa shape index (κ1) is 14.8. The van der Waals surface area contributed by atoms with E-state index in [2.05, 4.69) is 29.5 Å². The van der Waals surface area contributed by atoms with Crippen LogP contribution in [0.15, 0.2) is 42.6 Å². The number of nitrogens with one attached hydrogen (secondary N) is 1. The molecule has 0 saturated carbocycles. The third-order valence-corrected chi connectivity index (χ3v) is 3.36. The van der Waals surface area contributed by atoms with Crippen LogP contribution in [0.5, 0.6) is 0 Å². The lowest BCUT2D eigenvalue weighted by atomic mass is 10.1. The Labute approximate surface area is 120 Å². The van der Waals surface area contributed by atoms with Gasteiger partial charge in [0.15, 0.2) is 0 Å². The van der Waals surface area contributed by atoms with Crippen LogP contribution in [-0.2, 0) is 19.5 Å². The summed E-state index contributed by atoms with van der Waals surface area (Å²) >= 11 is 0. The first-order valence-corrected chi connectivity index (χ1v) is 7.22. The van der Waals surface area contributed by atoms with E-state index in [1.807, 2.05) is 35.1 Å². The molecule has 0 aliphatic carbocycles. The van der Waals surface area contributed by atoms with Crippen LogP contribution in [0.3, 0.4) is 0 Å². The van der Waals surface area contributed by atoms with Crippen LogP contribution in [0.1, 0.15) is 24.6 Å². The number of hydrogen-bond donors (Lipinski definition) is 2. The predicted octanol–water partition coefficient (Wildman–Crippen LogP) is 1.99. The summed E-state index contributed by atoms with van der Waals surface area (Å²) in [6.45, 7) is 3.95. The number of nitrogens with zero attached hydrogens (tertiary/aromatic N) is 2. The topological polar surface area (TPSA) is 50.1 Å². The molecule has 0 unspecified atom stereocenters. The van der Waals surface area contributed by atoms with E-state index in [0.29, 0.717) is 0 Å². The number of benzene rings is 1. The first-order chi connectivity index (χ1) is 9.83. The summed E-state index contributed by atoms with van der Waals surface area (Å²) in [6.07, 6.45) is 3.74.